The highest BCUT2D eigenvalue weighted by atomic mass is 32.1. The first-order valence-corrected chi connectivity index (χ1v) is 9.12. The SMILES string of the molecule is COc1cc(-c2nscc2-c2ccc3c(c2)OCCO3)cc(C)c1OC. The number of fused-ring (bicyclic) bond motifs is 1. The van der Waals surface area contributed by atoms with Crippen LogP contribution in [-0.4, -0.2) is 31.8 Å². The number of benzene rings is 2. The molecule has 3 aromatic rings. The molecular weight excluding hydrogens is 350 g/mol. The van der Waals surface area contributed by atoms with Crippen molar-refractivity contribution in [1.29, 1.82) is 0 Å². The van der Waals surface area contributed by atoms with Crippen molar-refractivity contribution < 1.29 is 18.9 Å². The number of ether oxygens (including phenoxy) is 4. The maximum atomic E-state index is 5.72. The third-order valence-electron chi connectivity index (χ3n) is 4.36. The molecule has 1 aromatic heterocycles. The van der Waals surface area contributed by atoms with Crippen molar-refractivity contribution >= 4 is 11.5 Å². The Bertz CT molecular complexity index is 951. The summed E-state index contributed by atoms with van der Waals surface area (Å²) in [5, 5.41) is 2.05. The number of aryl methyl sites for hydroxylation is 1. The highest BCUT2D eigenvalue weighted by molar-refractivity contribution is 7.04. The van der Waals surface area contributed by atoms with Crippen LogP contribution in [-0.2, 0) is 0 Å². The van der Waals surface area contributed by atoms with Crippen LogP contribution in [0.2, 0.25) is 0 Å². The molecule has 0 radical (unpaired) electrons. The van der Waals surface area contributed by atoms with Crippen LogP contribution in [0.4, 0.5) is 0 Å². The van der Waals surface area contributed by atoms with Crippen molar-refractivity contribution in [3.8, 4) is 45.4 Å². The van der Waals surface area contributed by atoms with E-state index in [4.69, 9.17) is 18.9 Å². The zero-order valence-electron chi connectivity index (χ0n) is 14.9. The van der Waals surface area contributed by atoms with Gasteiger partial charge in [0.2, 0.25) is 0 Å². The van der Waals surface area contributed by atoms with E-state index in [1.165, 1.54) is 11.5 Å². The van der Waals surface area contributed by atoms with Crippen LogP contribution in [0.5, 0.6) is 23.0 Å². The van der Waals surface area contributed by atoms with Gasteiger partial charge >= 0.3 is 0 Å². The number of rotatable bonds is 4. The predicted molar refractivity (Wildman–Crippen MR) is 102 cm³/mol. The van der Waals surface area contributed by atoms with E-state index in [0.29, 0.717) is 19.0 Å². The molecule has 0 unspecified atom stereocenters. The first-order chi connectivity index (χ1) is 12.7. The number of nitrogens with zero attached hydrogens (tertiary/aromatic N) is 1. The van der Waals surface area contributed by atoms with E-state index in [9.17, 15) is 0 Å². The van der Waals surface area contributed by atoms with Crippen molar-refractivity contribution in [2.45, 2.75) is 6.92 Å². The molecule has 0 amide bonds. The normalized spacial score (nSPS) is 12.7. The smallest absolute Gasteiger partial charge is 0.163 e. The minimum absolute atomic E-state index is 0.570. The van der Waals surface area contributed by atoms with Crippen LogP contribution in [0, 0.1) is 6.92 Å². The van der Waals surface area contributed by atoms with Gasteiger partial charge in [-0.25, -0.2) is 0 Å². The number of aromatic nitrogens is 1. The molecule has 0 aliphatic carbocycles. The molecule has 2 heterocycles. The second kappa shape index (κ2) is 6.88. The second-order valence-corrected chi connectivity index (χ2v) is 6.59. The van der Waals surface area contributed by atoms with Crippen LogP contribution in [0.3, 0.4) is 0 Å². The summed E-state index contributed by atoms with van der Waals surface area (Å²) in [6.45, 7) is 3.16. The number of hydrogen-bond acceptors (Lipinski definition) is 6. The maximum absolute atomic E-state index is 5.72. The van der Waals surface area contributed by atoms with Gasteiger partial charge < -0.3 is 18.9 Å². The molecule has 0 spiro atoms. The van der Waals surface area contributed by atoms with E-state index in [1.54, 1.807) is 14.2 Å². The van der Waals surface area contributed by atoms with Gasteiger partial charge in [-0.3, -0.25) is 0 Å². The van der Waals surface area contributed by atoms with E-state index in [0.717, 1.165) is 45.2 Å². The van der Waals surface area contributed by atoms with Gasteiger partial charge in [0, 0.05) is 16.5 Å². The Morgan fingerprint density at radius 2 is 1.77 bits per heavy atom. The van der Waals surface area contributed by atoms with Gasteiger partial charge in [-0.2, -0.15) is 4.37 Å². The lowest BCUT2D eigenvalue weighted by molar-refractivity contribution is 0.171. The quantitative estimate of drug-likeness (QED) is 0.674. The Morgan fingerprint density at radius 3 is 2.54 bits per heavy atom. The maximum Gasteiger partial charge on any atom is 0.163 e. The third-order valence-corrected chi connectivity index (χ3v) is 4.99. The fourth-order valence-electron chi connectivity index (χ4n) is 3.15. The summed E-state index contributed by atoms with van der Waals surface area (Å²) in [6, 6.07) is 10.0. The molecule has 4 rings (SSSR count). The van der Waals surface area contributed by atoms with E-state index in [1.807, 2.05) is 36.6 Å². The molecule has 5 nitrogen and oxygen atoms in total. The minimum Gasteiger partial charge on any atom is -0.493 e. The number of methoxy groups -OCH3 is 2. The summed E-state index contributed by atoms with van der Waals surface area (Å²) in [5.74, 6) is 3.00. The topological polar surface area (TPSA) is 49.8 Å². The Hall–Kier alpha value is -2.73. The standard InChI is InChI=1S/C20H19NO4S/c1-12-8-14(10-18(22-2)20(12)23-3)19-15(11-26-21-19)13-4-5-16-17(9-13)25-7-6-24-16/h4-5,8-11H,6-7H2,1-3H3. The predicted octanol–water partition coefficient (Wildman–Crippen LogP) is 4.57. The molecule has 1 aliphatic rings. The van der Waals surface area contributed by atoms with Gasteiger partial charge in [0.25, 0.3) is 0 Å². The molecule has 134 valence electrons. The fraction of sp³-hybridized carbons (Fsp3) is 0.250. The molecule has 0 atom stereocenters. The molecule has 0 fully saturated rings. The summed E-state index contributed by atoms with van der Waals surface area (Å²) >= 11 is 1.43. The highest BCUT2D eigenvalue weighted by Gasteiger charge is 2.18. The zero-order chi connectivity index (χ0) is 18.1. The van der Waals surface area contributed by atoms with Crippen molar-refractivity contribution in [3.63, 3.8) is 0 Å². The molecular formula is C20H19NO4S. The van der Waals surface area contributed by atoms with Crippen molar-refractivity contribution in [3.05, 3.63) is 41.3 Å². The van der Waals surface area contributed by atoms with Crippen LogP contribution in [0.25, 0.3) is 22.4 Å². The molecule has 2 aromatic carbocycles. The van der Waals surface area contributed by atoms with E-state index >= 15 is 0 Å². The third kappa shape index (κ3) is 2.86. The van der Waals surface area contributed by atoms with Crippen LogP contribution in [0.15, 0.2) is 35.7 Å². The van der Waals surface area contributed by atoms with E-state index in [2.05, 4.69) is 10.4 Å². The van der Waals surface area contributed by atoms with E-state index in [-0.39, 0.29) is 0 Å². The molecule has 6 heteroatoms. The largest absolute Gasteiger partial charge is 0.493 e. The lowest BCUT2D eigenvalue weighted by Gasteiger charge is -2.19. The Labute approximate surface area is 156 Å². The summed E-state index contributed by atoms with van der Waals surface area (Å²) in [5.41, 5.74) is 5.01. The summed E-state index contributed by atoms with van der Waals surface area (Å²) < 4.78 is 26.9. The van der Waals surface area contributed by atoms with Gasteiger partial charge in [0.15, 0.2) is 23.0 Å². The molecule has 26 heavy (non-hydrogen) atoms. The molecule has 0 saturated heterocycles. The highest BCUT2D eigenvalue weighted by Crippen LogP contribution is 2.41. The first-order valence-electron chi connectivity index (χ1n) is 8.28. The Kier molecular flexibility index (Phi) is 4.42. The minimum atomic E-state index is 0.570. The zero-order valence-corrected chi connectivity index (χ0v) is 15.7. The Balaban J connectivity index is 1.80. The van der Waals surface area contributed by atoms with Crippen LogP contribution in [0.1, 0.15) is 5.56 Å². The molecule has 1 aliphatic heterocycles. The lowest BCUT2D eigenvalue weighted by atomic mass is 9.99. The number of hydrogen-bond donors (Lipinski definition) is 0. The average molecular weight is 369 g/mol. The van der Waals surface area contributed by atoms with Gasteiger partial charge in [-0.15, -0.1) is 0 Å². The molecule has 0 saturated carbocycles. The lowest BCUT2D eigenvalue weighted by Crippen LogP contribution is -2.15. The van der Waals surface area contributed by atoms with Crippen LogP contribution < -0.4 is 18.9 Å². The first kappa shape index (κ1) is 16.7. The van der Waals surface area contributed by atoms with Crippen molar-refractivity contribution in [2.24, 2.45) is 0 Å². The monoisotopic (exact) mass is 369 g/mol. The second-order valence-electron chi connectivity index (χ2n) is 5.96. The van der Waals surface area contributed by atoms with Gasteiger partial charge in [-0.05, 0) is 53.8 Å². The molecule has 0 N–H and O–H groups in total. The summed E-state index contributed by atoms with van der Waals surface area (Å²) in [4.78, 5) is 0. The van der Waals surface area contributed by atoms with Gasteiger partial charge in [-0.1, -0.05) is 6.07 Å². The summed E-state index contributed by atoms with van der Waals surface area (Å²) in [6.07, 6.45) is 0. The Morgan fingerprint density at radius 1 is 0.962 bits per heavy atom. The van der Waals surface area contributed by atoms with Gasteiger partial charge in [0.1, 0.15) is 13.2 Å². The van der Waals surface area contributed by atoms with Crippen molar-refractivity contribution in [1.82, 2.24) is 4.37 Å². The molecule has 0 bridgehead atoms. The van der Waals surface area contributed by atoms with E-state index < -0.39 is 0 Å². The van der Waals surface area contributed by atoms with Crippen LogP contribution >= 0.6 is 11.5 Å². The van der Waals surface area contributed by atoms with Crippen molar-refractivity contribution in [2.75, 3.05) is 27.4 Å². The fourth-order valence-corrected chi connectivity index (χ4v) is 3.87. The van der Waals surface area contributed by atoms with Gasteiger partial charge in [0.05, 0.1) is 19.9 Å². The summed E-state index contributed by atoms with van der Waals surface area (Å²) in [7, 11) is 3.29. The average Bonchev–Trinajstić information content (AvgIpc) is 3.16.